The highest BCUT2D eigenvalue weighted by atomic mass is 32.2. The highest BCUT2D eigenvalue weighted by molar-refractivity contribution is 7.99. The van der Waals surface area contributed by atoms with E-state index in [1.165, 1.54) is 32.9 Å². The Hall–Kier alpha value is -4.41. The fraction of sp³-hybridized carbons (Fsp3) is 0.487. The topological polar surface area (TPSA) is 169 Å². The Morgan fingerprint density at radius 2 is 1.80 bits per heavy atom. The number of methoxy groups -OCH3 is 2. The number of phenols is 2. The van der Waals surface area contributed by atoms with Crippen molar-refractivity contribution in [1.29, 1.82) is 0 Å². The van der Waals surface area contributed by atoms with Gasteiger partial charge in [-0.25, -0.2) is 4.79 Å². The van der Waals surface area contributed by atoms with Crippen molar-refractivity contribution in [3.05, 3.63) is 62.7 Å². The maximum absolute atomic E-state index is 14.7. The number of hydrogen-bond acceptors (Lipinski definition) is 15. The number of aliphatic hydroxyl groups excluding tert-OH is 1. The average molecular weight is 762 g/mol. The second-order valence-electron chi connectivity index (χ2n) is 14.9. The number of aromatic hydroxyl groups is 2. The van der Waals surface area contributed by atoms with E-state index >= 15 is 0 Å². The molecule has 0 aliphatic carbocycles. The quantitative estimate of drug-likeness (QED) is 0.226. The van der Waals surface area contributed by atoms with Crippen LogP contribution in [0.5, 0.6) is 40.2 Å². The lowest BCUT2D eigenvalue weighted by atomic mass is 9.73. The minimum Gasteiger partial charge on any atom is -0.504 e. The number of hydrogen-bond donors (Lipinski definition) is 4. The summed E-state index contributed by atoms with van der Waals surface area (Å²) in [6, 6.07) is 3.13. The van der Waals surface area contributed by atoms with Gasteiger partial charge in [-0.1, -0.05) is 6.07 Å². The Morgan fingerprint density at radius 1 is 1.02 bits per heavy atom. The Balaban J connectivity index is 1.32. The van der Waals surface area contributed by atoms with Gasteiger partial charge < -0.3 is 43.7 Å². The second-order valence-corrected chi connectivity index (χ2v) is 16.1. The third kappa shape index (κ3) is 4.74. The molecule has 0 saturated carbocycles. The van der Waals surface area contributed by atoms with Crippen LogP contribution in [0.15, 0.2) is 18.2 Å². The highest BCUT2D eigenvalue weighted by Gasteiger charge is 2.61. The molecule has 2 fully saturated rings. The van der Waals surface area contributed by atoms with E-state index in [2.05, 4.69) is 10.2 Å². The number of ether oxygens (including phenoxy) is 6. The normalized spacial score (nSPS) is 29.4. The lowest BCUT2D eigenvalue weighted by Gasteiger charge is -2.62. The molecular formula is C39H43N3O11S. The van der Waals surface area contributed by atoms with Gasteiger partial charge in [-0.3, -0.25) is 19.9 Å². The lowest BCUT2D eigenvalue weighted by molar-refractivity contribution is -0.186. The molecule has 0 aromatic heterocycles. The number of rotatable bonds is 3. The Labute approximate surface area is 316 Å². The van der Waals surface area contributed by atoms with Crippen LogP contribution in [0.3, 0.4) is 0 Å². The maximum atomic E-state index is 14.7. The molecule has 3 aromatic carbocycles. The third-order valence-corrected chi connectivity index (χ3v) is 13.7. The van der Waals surface area contributed by atoms with Crippen LogP contribution >= 0.6 is 11.8 Å². The van der Waals surface area contributed by atoms with E-state index < -0.39 is 47.1 Å². The van der Waals surface area contributed by atoms with Gasteiger partial charge in [0.1, 0.15) is 18.6 Å². The summed E-state index contributed by atoms with van der Waals surface area (Å²) in [4.78, 5) is 31.7. The van der Waals surface area contributed by atoms with Gasteiger partial charge in [-0.05, 0) is 68.1 Å². The van der Waals surface area contributed by atoms with Crippen LogP contribution in [-0.2, 0) is 32.7 Å². The van der Waals surface area contributed by atoms with E-state index in [9.17, 15) is 24.9 Å². The summed E-state index contributed by atoms with van der Waals surface area (Å²) < 4.78 is 35.9. The summed E-state index contributed by atoms with van der Waals surface area (Å²) in [6.07, 6.45) is -0.0282. The van der Waals surface area contributed by atoms with E-state index in [4.69, 9.17) is 28.4 Å². The summed E-state index contributed by atoms with van der Waals surface area (Å²) >= 11 is 1.47. The fourth-order valence-corrected chi connectivity index (χ4v) is 11.7. The number of benzene rings is 3. The summed E-state index contributed by atoms with van der Waals surface area (Å²) in [5.41, 5.74) is 4.36. The molecule has 7 aliphatic heterocycles. The standard InChI is InChI=1S/C39H43N3O11S/c1-16-9-20-10-22-37(46)42-23-13-50-38(47)39(21-12-25(48-5)24(44)11-19(21)7-8-40-39)14-54-36(30(42)29(41(22)4)26(20)31(45)32(16)49-6)28-27(23)35-34(51-15-52-35)17(2)33(28)53-18(3)43/h9,11-12,22-23,29-30,36-37,40,44-46H,7-8,10,13-15H2,1-6H3/t22?,23-,29?,30+,36+,37?,39?/m0/s1. The molecule has 7 aliphatic rings. The first-order chi connectivity index (χ1) is 25.9. The van der Waals surface area contributed by atoms with Gasteiger partial charge >= 0.3 is 11.9 Å². The number of esters is 2. The molecule has 54 heavy (non-hydrogen) atoms. The molecular weight excluding hydrogens is 719 g/mol. The van der Waals surface area contributed by atoms with Crippen molar-refractivity contribution in [2.45, 2.75) is 74.8 Å². The fourth-order valence-electron chi connectivity index (χ4n) is 10.00. The monoisotopic (exact) mass is 761 g/mol. The number of piperazine rings is 1. The van der Waals surface area contributed by atoms with Crippen molar-refractivity contribution in [2.75, 3.05) is 47.0 Å². The molecule has 10 rings (SSSR count). The predicted octanol–water partition coefficient (Wildman–Crippen LogP) is 3.41. The number of nitrogens with zero attached hydrogens (tertiary/aromatic N) is 2. The zero-order valence-electron chi connectivity index (χ0n) is 30.8. The molecule has 7 atom stereocenters. The van der Waals surface area contributed by atoms with Crippen LogP contribution in [0.2, 0.25) is 0 Å². The van der Waals surface area contributed by atoms with Crippen LogP contribution in [0.4, 0.5) is 0 Å². The summed E-state index contributed by atoms with van der Waals surface area (Å²) in [6.45, 7) is 5.26. The van der Waals surface area contributed by atoms with Gasteiger partial charge in [0.2, 0.25) is 6.79 Å². The molecule has 286 valence electrons. The molecule has 14 nitrogen and oxygen atoms in total. The van der Waals surface area contributed by atoms with Crippen LogP contribution in [0, 0.1) is 13.8 Å². The van der Waals surface area contributed by atoms with Gasteiger partial charge in [0.05, 0.1) is 37.6 Å². The van der Waals surface area contributed by atoms with Crippen LogP contribution in [0.25, 0.3) is 0 Å². The molecule has 4 unspecified atom stereocenters. The van der Waals surface area contributed by atoms with Crippen molar-refractivity contribution in [2.24, 2.45) is 0 Å². The molecule has 4 N–H and O–H groups in total. The van der Waals surface area contributed by atoms with E-state index in [0.717, 1.165) is 16.7 Å². The Kier molecular flexibility index (Phi) is 8.21. The van der Waals surface area contributed by atoms with Crippen molar-refractivity contribution in [3.8, 4) is 40.2 Å². The maximum Gasteiger partial charge on any atom is 0.331 e. The molecule has 0 radical (unpaired) electrons. The summed E-state index contributed by atoms with van der Waals surface area (Å²) in [5, 5.41) is 38.2. The van der Waals surface area contributed by atoms with Crippen molar-refractivity contribution in [3.63, 3.8) is 0 Å². The molecule has 3 aromatic rings. The van der Waals surface area contributed by atoms with E-state index in [1.54, 1.807) is 12.1 Å². The zero-order chi connectivity index (χ0) is 38.0. The van der Waals surface area contributed by atoms with Gasteiger partial charge in [0, 0.05) is 47.5 Å². The van der Waals surface area contributed by atoms with E-state index in [1.807, 2.05) is 31.9 Å². The number of carbonyl (C=O) groups excluding carboxylic acids is 2. The Morgan fingerprint density at radius 3 is 2.54 bits per heavy atom. The second kappa shape index (κ2) is 12.6. The average Bonchev–Trinajstić information content (AvgIpc) is 3.63. The molecule has 4 bridgehead atoms. The molecule has 2 saturated heterocycles. The van der Waals surface area contributed by atoms with Crippen molar-refractivity contribution < 1.29 is 53.3 Å². The summed E-state index contributed by atoms with van der Waals surface area (Å²) in [7, 11) is 4.96. The first-order valence-corrected chi connectivity index (χ1v) is 19.1. The van der Waals surface area contributed by atoms with Gasteiger partial charge in [-0.15, -0.1) is 11.8 Å². The minimum atomic E-state index is -1.36. The van der Waals surface area contributed by atoms with Crippen molar-refractivity contribution >= 4 is 23.7 Å². The number of nitrogens with one attached hydrogen (secondary N) is 1. The minimum absolute atomic E-state index is 0.0226. The number of phenolic OH excluding ortho intramolecular Hbond substituents is 2. The van der Waals surface area contributed by atoms with Crippen LogP contribution in [0.1, 0.15) is 68.8 Å². The zero-order valence-corrected chi connectivity index (χ0v) is 31.7. The number of likely N-dealkylation sites (N-methyl/N-ethyl adjacent to an activating group) is 1. The number of fused-ring (bicyclic) bond motifs is 9. The predicted molar refractivity (Wildman–Crippen MR) is 195 cm³/mol. The molecule has 1 spiro atoms. The van der Waals surface area contributed by atoms with Gasteiger partial charge in [-0.2, -0.15) is 0 Å². The molecule has 15 heteroatoms. The highest BCUT2D eigenvalue weighted by Crippen LogP contribution is 2.64. The van der Waals surface area contributed by atoms with Crippen molar-refractivity contribution in [1.82, 2.24) is 15.1 Å². The number of aryl methyl sites for hydroxylation is 1. The summed E-state index contributed by atoms with van der Waals surface area (Å²) in [5.74, 6) is 0.949. The first kappa shape index (κ1) is 35.3. The number of carbonyl (C=O) groups is 2. The molecule has 7 heterocycles. The SMILES string of the molecule is COc1cc2c(cc1O)CCNC21CS[C@@H]2c3c(OC(C)=O)c(C)c4c(c3[C@H](COC1=O)N1C(O)C3Cc5cc(C)c(OC)c(O)c5C([C@H]21)N3C)OCO4. The number of thioether (sulfide) groups is 1. The lowest BCUT2D eigenvalue weighted by Crippen LogP contribution is -2.70. The van der Waals surface area contributed by atoms with E-state index in [-0.39, 0.29) is 42.4 Å². The largest absolute Gasteiger partial charge is 0.504 e. The van der Waals surface area contributed by atoms with Gasteiger partial charge in [0.15, 0.2) is 40.0 Å². The van der Waals surface area contributed by atoms with Gasteiger partial charge in [0.25, 0.3) is 0 Å². The molecule has 0 amide bonds. The van der Waals surface area contributed by atoms with Crippen LogP contribution < -0.4 is 29.0 Å². The third-order valence-electron chi connectivity index (χ3n) is 12.3. The first-order valence-electron chi connectivity index (χ1n) is 18.1. The smallest absolute Gasteiger partial charge is 0.331 e. The Bertz CT molecular complexity index is 2130. The van der Waals surface area contributed by atoms with E-state index in [0.29, 0.717) is 70.2 Å². The number of aliphatic hydroxyl groups is 1. The van der Waals surface area contributed by atoms with Crippen LogP contribution in [-0.4, -0.2) is 102 Å².